The molecule has 2 aromatic rings. The molecule has 0 atom stereocenters. The Hall–Kier alpha value is -2.53. The van der Waals surface area contributed by atoms with Crippen LogP contribution in [0.5, 0.6) is 5.75 Å². The van der Waals surface area contributed by atoms with E-state index in [1.54, 1.807) is 6.07 Å². The van der Waals surface area contributed by atoms with Gasteiger partial charge in [0.05, 0.1) is 12.2 Å². The van der Waals surface area contributed by atoms with Crippen LogP contribution in [0.2, 0.25) is 0 Å². The lowest BCUT2D eigenvalue weighted by molar-refractivity contribution is -0.129. The Morgan fingerprint density at radius 1 is 1.13 bits per heavy atom. The maximum absolute atomic E-state index is 13.5. The number of halogens is 1. The summed E-state index contributed by atoms with van der Waals surface area (Å²) in [5, 5.41) is 9.18. The Morgan fingerprint density at radius 3 is 2.48 bits per heavy atom. The SMILES string of the molecule is O=CC(=O)CCc1ccc(COc2cccc(F)c2CO)cc1. The molecule has 1 N–H and O–H groups in total. The zero-order chi connectivity index (χ0) is 16.7. The van der Waals surface area contributed by atoms with Crippen LogP contribution in [0.1, 0.15) is 23.1 Å². The van der Waals surface area contributed by atoms with Crippen molar-refractivity contribution in [2.24, 2.45) is 0 Å². The third-order valence-electron chi connectivity index (χ3n) is 3.44. The van der Waals surface area contributed by atoms with Gasteiger partial charge in [0.2, 0.25) is 0 Å². The highest BCUT2D eigenvalue weighted by Crippen LogP contribution is 2.22. The maximum atomic E-state index is 13.5. The number of aryl methyl sites for hydroxylation is 1. The van der Waals surface area contributed by atoms with Gasteiger partial charge in [-0.25, -0.2) is 4.39 Å². The van der Waals surface area contributed by atoms with Crippen molar-refractivity contribution in [2.75, 3.05) is 0 Å². The van der Waals surface area contributed by atoms with E-state index >= 15 is 0 Å². The lowest BCUT2D eigenvalue weighted by Crippen LogP contribution is -2.02. The number of aliphatic hydroxyl groups excluding tert-OH is 1. The van der Waals surface area contributed by atoms with Gasteiger partial charge in [0.1, 0.15) is 18.2 Å². The van der Waals surface area contributed by atoms with Gasteiger partial charge in [0.15, 0.2) is 12.1 Å². The number of hydrogen-bond donors (Lipinski definition) is 1. The van der Waals surface area contributed by atoms with Gasteiger partial charge in [0.25, 0.3) is 0 Å². The van der Waals surface area contributed by atoms with Gasteiger partial charge in [-0.3, -0.25) is 9.59 Å². The maximum Gasteiger partial charge on any atom is 0.195 e. The Bertz CT molecular complexity index is 680. The zero-order valence-electron chi connectivity index (χ0n) is 12.5. The van der Waals surface area contributed by atoms with Crippen LogP contribution >= 0.6 is 0 Å². The van der Waals surface area contributed by atoms with Gasteiger partial charge >= 0.3 is 0 Å². The molecule has 0 bridgehead atoms. The normalized spacial score (nSPS) is 10.3. The van der Waals surface area contributed by atoms with Gasteiger partial charge in [-0.15, -0.1) is 0 Å². The van der Waals surface area contributed by atoms with E-state index in [-0.39, 0.29) is 18.6 Å². The summed E-state index contributed by atoms with van der Waals surface area (Å²) < 4.78 is 19.1. The van der Waals surface area contributed by atoms with Crippen molar-refractivity contribution in [1.82, 2.24) is 0 Å². The van der Waals surface area contributed by atoms with E-state index in [0.717, 1.165) is 11.1 Å². The molecule has 23 heavy (non-hydrogen) atoms. The fourth-order valence-corrected chi connectivity index (χ4v) is 2.12. The molecule has 0 saturated heterocycles. The number of rotatable bonds is 8. The highest BCUT2D eigenvalue weighted by Gasteiger charge is 2.08. The summed E-state index contributed by atoms with van der Waals surface area (Å²) in [5.41, 5.74) is 1.96. The van der Waals surface area contributed by atoms with E-state index in [1.165, 1.54) is 12.1 Å². The van der Waals surface area contributed by atoms with Crippen molar-refractivity contribution < 1.29 is 23.8 Å². The summed E-state index contributed by atoms with van der Waals surface area (Å²) >= 11 is 0. The number of ketones is 1. The molecule has 0 aliphatic rings. The highest BCUT2D eigenvalue weighted by atomic mass is 19.1. The van der Waals surface area contributed by atoms with E-state index < -0.39 is 18.2 Å². The molecule has 0 fully saturated rings. The van der Waals surface area contributed by atoms with Gasteiger partial charge in [0, 0.05) is 6.42 Å². The lowest BCUT2D eigenvalue weighted by atomic mass is 10.1. The highest BCUT2D eigenvalue weighted by molar-refractivity contribution is 6.24. The van der Waals surface area contributed by atoms with E-state index in [2.05, 4.69) is 0 Å². The van der Waals surface area contributed by atoms with Gasteiger partial charge < -0.3 is 9.84 Å². The molecule has 0 aliphatic heterocycles. The first kappa shape index (κ1) is 16.8. The molecule has 0 heterocycles. The fraction of sp³-hybridized carbons (Fsp3) is 0.222. The van der Waals surface area contributed by atoms with Crippen molar-refractivity contribution in [3.63, 3.8) is 0 Å². The molecule has 5 heteroatoms. The van der Waals surface area contributed by atoms with E-state index in [9.17, 15) is 19.1 Å². The number of aliphatic hydroxyl groups is 1. The lowest BCUT2D eigenvalue weighted by Gasteiger charge is -2.11. The van der Waals surface area contributed by atoms with Crippen molar-refractivity contribution in [1.29, 1.82) is 0 Å². The zero-order valence-corrected chi connectivity index (χ0v) is 12.5. The number of aldehydes is 1. The van der Waals surface area contributed by atoms with Gasteiger partial charge in [-0.1, -0.05) is 30.3 Å². The Kier molecular flexibility index (Phi) is 6.00. The topological polar surface area (TPSA) is 63.6 Å². The second kappa shape index (κ2) is 8.19. The van der Waals surface area contributed by atoms with Crippen molar-refractivity contribution in [3.8, 4) is 5.75 Å². The fourth-order valence-electron chi connectivity index (χ4n) is 2.12. The second-order valence-corrected chi connectivity index (χ2v) is 5.06. The first-order valence-corrected chi connectivity index (χ1v) is 7.21. The molecule has 0 radical (unpaired) electrons. The molecule has 0 unspecified atom stereocenters. The van der Waals surface area contributed by atoms with E-state index in [0.29, 0.717) is 18.5 Å². The minimum Gasteiger partial charge on any atom is -0.488 e. The monoisotopic (exact) mass is 316 g/mol. The first-order chi connectivity index (χ1) is 11.1. The molecular formula is C18H17FO4. The number of hydrogen-bond acceptors (Lipinski definition) is 4. The van der Waals surface area contributed by atoms with Gasteiger partial charge in [-0.05, 0) is 29.7 Å². The Labute approximate surface area is 133 Å². The molecule has 0 spiro atoms. The molecule has 0 amide bonds. The van der Waals surface area contributed by atoms with Crippen LogP contribution in [0, 0.1) is 5.82 Å². The van der Waals surface area contributed by atoms with Crippen molar-refractivity contribution >= 4 is 12.1 Å². The van der Waals surface area contributed by atoms with Crippen LogP contribution in [0.3, 0.4) is 0 Å². The summed E-state index contributed by atoms with van der Waals surface area (Å²) in [7, 11) is 0. The van der Waals surface area contributed by atoms with Crippen molar-refractivity contribution in [2.45, 2.75) is 26.1 Å². The molecule has 2 aromatic carbocycles. The van der Waals surface area contributed by atoms with Crippen LogP contribution < -0.4 is 4.74 Å². The van der Waals surface area contributed by atoms with Crippen LogP contribution in [0.4, 0.5) is 4.39 Å². The molecule has 4 nitrogen and oxygen atoms in total. The summed E-state index contributed by atoms with van der Waals surface area (Å²) in [6, 6.07) is 11.8. The Morgan fingerprint density at radius 2 is 1.83 bits per heavy atom. The van der Waals surface area contributed by atoms with E-state index in [4.69, 9.17) is 4.74 Å². The molecule has 0 saturated carbocycles. The molecule has 120 valence electrons. The first-order valence-electron chi connectivity index (χ1n) is 7.21. The third-order valence-corrected chi connectivity index (χ3v) is 3.44. The Balaban J connectivity index is 1.95. The summed E-state index contributed by atoms with van der Waals surface area (Å²) in [6.07, 6.45) is 1.04. The molecular weight excluding hydrogens is 299 g/mol. The van der Waals surface area contributed by atoms with Crippen LogP contribution in [0.15, 0.2) is 42.5 Å². The van der Waals surface area contributed by atoms with Crippen LogP contribution in [0.25, 0.3) is 0 Å². The second-order valence-electron chi connectivity index (χ2n) is 5.06. The molecule has 0 aliphatic carbocycles. The molecule has 0 aromatic heterocycles. The predicted octanol–water partition coefficient (Wildman–Crippen LogP) is 2.60. The number of Topliss-reactive ketones (excluding diaryl/α,β-unsaturated/α-hetero) is 1. The largest absolute Gasteiger partial charge is 0.488 e. The average Bonchev–Trinajstić information content (AvgIpc) is 2.58. The molecule has 2 rings (SSSR count). The van der Waals surface area contributed by atoms with Crippen LogP contribution in [-0.4, -0.2) is 17.2 Å². The summed E-state index contributed by atoms with van der Waals surface area (Å²) in [5.74, 6) is -0.603. The summed E-state index contributed by atoms with van der Waals surface area (Å²) in [4.78, 5) is 21.2. The van der Waals surface area contributed by atoms with Gasteiger partial charge in [-0.2, -0.15) is 0 Å². The summed E-state index contributed by atoms with van der Waals surface area (Å²) in [6.45, 7) is -0.185. The smallest absolute Gasteiger partial charge is 0.195 e. The average molecular weight is 316 g/mol. The number of carbonyl (C=O) groups excluding carboxylic acids is 2. The predicted molar refractivity (Wildman–Crippen MR) is 82.5 cm³/mol. The number of ether oxygens (including phenoxy) is 1. The minimum atomic E-state index is -0.500. The minimum absolute atomic E-state index is 0.136. The third kappa shape index (κ3) is 4.72. The van der Waals surface area contributed by atoms with Crippen LogP contribution in [-0.2, 0) is 29.2 Å². The van der Waals surface area contributed by atoms with Crippen molar-refractivity contribution in [3.05, 3.63) is 65.0 Å². The number of carbonyl (C=O) groups is 2. The number of benzene rings is 2. The van der Waals surface area contributed by atoms with E-state index in [1.807, 2.05) is 24.3 Å². The standard InChI is InChI=1S/C18H17FO4/c19-17-2-1-3-18(16(17)11-21)23-12-14-6-4-13(5-7-14)8-9-15(22)10-20/h1-7,10,21H,8-9,11-12H2. The quantitative estimate of drug-likeness (QED) is 0.600.